The van der Waals surface area contributed by atoms with Gasteiger partial charge < -0.3 is 16.0 Å². The molecule has 1 aliphatic heterocycles. The van der Waals surface area contributed by atoms with Gasteiger partial charge in [0.2, 0.25) is 11.8 Å². The van der Waals surface area contributed by atoms with Crippen molar-refractivity contribution in [3.63, 3.8) is 0 Å². The fourth-order valence-corrected chi connectivity index (χ4v) is 3.18. The summed E-state index contributed by atoms with van der Waals surface area (Å²) in [6, 6.07) is 0.0276. The number of nitrogens with two attached hydrogens (primary N) is 1. The lowest BCUT2D eigenvalue weighted by atomic mass is 9.88. The minimum atomic E-state index is -0.0891. The molecule has 2 atom stereocenters. The number of rotatable bonds is 4. The van der Waals surface area contributed by atoms with Gasteiger partial charge in [0.25, 0.3) is 0 Å². The minimum Gasteiger partial charge on any atom is -0.353 e. The van der Waals surface area contributed by atoms with Crippen LogP contribution >= 0.6 is 0 Å². The second-order valence-electron chi connectivity index (χ2n) is 6.34. The first-order chi connectivity index (χ1) is 9.56. The minimum absolute atomic E-state index is 0.0891. The zero-order valence-corrected chi connectivity index (χ0v) is 12.4. The Morgan fingerprint density at radius 1 is 1.25 bits per heavy atom. The van der Waals surface area contributed by atoms with E-state index in [4.69, 9.17) is 5.73 Å². The molecule has 2 aliphatic rings. The van der Waals surface area contributed by atoms with Crippen molar-refractivity contribution in [2.24, 2.45) is 11.7 Å². The molecule has 0 aromatic carbocycles. The zero-order chi connectivity index (χ0) is 14.5. The summed E-state index contributed by atoms with van der Waals surface area (Å²) in [6.45, 7) is 3.32. The molecule has 0 bridgehead atoms. The first-order valence-electron chi connectivity index (χ1n) is 7.90. The van der Waals surface area contributed by atoms with Crippen molar-refractivity contribution in [3.05, 3.63) is 0 Å². The average Bonchev–Trinajstić information content (AvgIpc) is 2.86. The number of carbonyl (C=O) groups is 2. The first kappa shape index (κ1) is 15.3. The van der Waals surface area contributed by atoms with Crippen LogP contribution in [0.3, 0.4) is 0 Å². The van der Waals surface area contributed by atoms with E-state index in [2.05, 4.69) is 5.32 Å². The Kier molecular flexibility index (Phi) is 5.40. The van der Waals surface area contributed by atoms with Gasteiger partial charge in [0.15, 0.2) is 0 Å². The van der Waals surface area contributed by atoms with Gasteiger partial charge in [0.05, 0.1) is 0 Å². The van der Waals surface area contributed by atoms with E-state index in [-0.39, 0.29) is 29.8 Å². The molecule has 1 saturated heterocycles. The van der Waals surface area contributed by atoms with Crippen molar-refractivity contribution in [3.8, 4) is 0 Å². The van der Waals surface area contributed by atoms with Crippen molar-refractivity contribution in [2.75, 3.05) is 13.1 Å². The first-order valence-corrected chi connectivity index (χ1v) is 7.90. The predicted octanol–water partition coefficient (Wildman–Crippen LogP) is 1.02. The number of hydrogen-bond acceptors (Lipinski definition) is 3. The summed E-state index contributed by atoms with van der Waals surface area (Å²) in [7, 11) is 0. The molecule has 2 fully saturated rings. The molecule has 0 aromatic heterocycles. The maximum absolute atomic E-state index is 12.1. The number of hydrogen-bond donors (Lipinski definition) is 2. The van der Waals surface area contributed by atoms with Gasteiger partial charge in [-0.05, 0) is 26.2 Å². The summed E-state index contributed by atoms with van der Waals surface area (Å²) in [5, 5.41) is 3.00. The van der Waals surface area contributed by atoms with E-state index < -0.39 is 0 Å². The molecule has 1 saturated carbocycles. The van der Waals surface area contributed by atoms with Crippen LogP contribution in [0.5, 0.6) is 0 Å². The van der Waals surface area contributed by atoms with Crippen molar-refractivity contribution < 1.29 is 9.59 Å². The van der Waals surface area contributed by atoms with Crippen LogP contribution in [0.1, 0.15) is 51.9 Å². The summed E-state index contributed by atoms with van der Waals surface area (Å²) >= 11 is 0. The van der Waals surface area contributed by atoms with Crippen molar-refractivity contribution >= 4 is 11.8 Å². The molecule has 1 aliphatic carbocycles. The summed E-state index contributed by atoms with van der Waals surface area (Å²) in [4.78, 5) is 26.0. The highest BCUT2D eigenvalue weighted by molar-refractivity contribution is 5.81. The number of nitrogens with one attached hydrogen (secondary N) is 1. The Hall–Kier alpha value is -1.10. The third-order valence-electron chi connectivity index (χ3n) is 4.42. The van der Waals surface area contributed by atoms with E-state index in [1.807, 2.05) is 11.8 Å². The second kappa shape index (κ2) is 7.07. The highest BCUT2D eigenvalue weighted by Crippen LogP contribution is 2.23. The van der Waals surface area contributed by atoms with Crippen LogP contribution in [0.4, 0.5) is 0 Å². The molecule has 114 valence electrons. The Bertz CT molecular complexity index is 334. The van der Waals surface area contributed by atoms with E-state index in [0.717, 1.165) is 38.6 Å². The number of nitrogens with zero attached hydrogens (tertiary/aromatic N) is 1. The molecule has 0 spiro atoms. The fraction of sp³-hybridized carbons (Fsp3) is 0.867. The Morgan fingerprint density at radius 2 is 1.95 bits per heavy atom. The molecule has 20 heavy (non-hydrogen) atoms. The maximum Gasteiger partial charge on any atom is 0.224 e. The quantitative estimate of drug-likeness (QED) is 0.808. The molecular formula is C15H27N3O2. The predicted molar refractivity (Wildman–Crippen MR) is 78.0 cm³/mol. The van der Waals surface area contributed by atoms with Gasteiger partial charge in [-0.1, -0.05) is 19.3 Å². The van der Waals surface area contributed by atoms with E-state index in [1.165, 1.54) is 6.42 Å². The van der Waals surface area contributed by atoms with Gasteiger partial charge >= 0.3 is 0 Å². The molecule has 3 N–H and O–H groups in total. The van der Waals surface area contributed by atoms with Gasteiger partial charge in [-0.2, -0.15) is 0 Å². The van der Waals surface area contributed by atoms with Gasteiger partial charge in [-0.3, -0.25) is 9.59 Å². The van der Waals surface area contributed by atoms with E-state index >= 15 is 0 Å². The average molecular weight is 281 g/mol. The topological polar surface area (TPSA) is 75.4 Å². The van der Waals surface area contributed by atoms with Crippen molar-refractivity contribution in [1.29, 1.82) is 0 Å². The molecule has 2 rings (SSSR count). The summed E-state index contributed by atoms with van der Waals surface area (Å²) < 4.78 is 0. The van der Waals surface area contributed by atoms with E-state index in [1.54, 1.807) is 0 Å². The zero-order valence-electron chi connectivity index (χ0n) is 12.4. The molecule has 0 aromatic rings. The highest BCUT2D eigenvalue weighted by Gasteiger charge is 2.26. The Labute approximate surface area is 121 Å². The molecular weight excluding hydrogens is 254 g/mol. The largest absolute Gasteiger partial charge is 0.353 e. The van der Waals surface area contributed by atoms with Gasteiger partial charge in [0, 0.05) is 37.5 Å². The van der Waals surface area contributed by atoms with Gasteiger partial charge in [-0.25, -0.2) is 0 Å². The van der Waals surface area contributed by atoms with Crippen LogP contribution in [0.15, 0.2) is 0 Å². The fourth-order valence-electron chi connectivity index (χ4n) is 3.18. The lowest BCUT2D eigenvalue weighted by Crippen LogP contribution is -2.41. The van der Waals surface area contributed by atoms with Crippen LogP contribution in [0.2, 0.25) is 0 Å². The number of amides is 2. The summed E-state index contributed by atoms with van der Waals surface area (Å²) in [5.41, 5.74) is 5.81. The smallest absolute Gasteiger partial charge is 0.224 e. The standard InChI is InChI=1S/C15H27N3O2/c1-11(9-14(19)18-8-7-13(16)10-18)17-15(20)12-5-3-2-4-6-12/h11-13H,2-10,16H2,1H3,(H,17,20)/t11?,13-/m1/s1. The molecule has 2 amide bonds. The molecule has 5 nitrogen and oxygen atoms in total. The molecule has 1 unspecified atom stereocenters. The van der Waals surface area contributed by atoms with Crippen LogP contribution in [0, 0.1) is 5.92 Å². The van der Waals surface area contributed by atoms with Crippen molar-refractivity contribution in [2.45, 2.75) is 64.0 Å². The summed E-state index contributed by atoms with van der Waals surface area (Å²) in [6.07, 6.45) is 6.79. The Morgan fingerprint density at radius 3 is 2.55 bits per heavy atom. The van der Waals surface area contributed by atoms with Crippen LogP contribution in [-0.2, 0) is 9.59 Å². The summed E-state index contributed by atoms with van der Waals surface area (Å²) in [5.74, 6) is 0.388. The third kappa shape index (κ3) is 4.20. The molecule has 1 heterocycles. The monoisotopic (exact) mass is 281 g/mol. The lowest BCUT2D eigenvalue weighted by Gasteiger charge is -2.24. The highest BCUT2D eigenvalue weighted by atomic mass is 16.2. The SMILES string of the molecule is CC(CC(=O)N1CC[C@@H](N)C1)NC(=O)C1CCCCC1. The van der Waals surface area contributed by atoms with Gasteiger partial charge in [-0.15, -0.1) is 0 Å². The van der Waals surface area contributed by atoms with Crippen LogP contribution < -0.4 is 11.1 Å². The van der Waals surface area contributed by atoms with E-state index in [0.29, 0.717) is 13.0 Å². The van der Waals surface area contributed by atoms with Crippen LogP contribution in [0.25, 0.3) is 0 Å². The van der Waals surface area contributed by atoms with Gasteiger partial charge in [0.1, 0.15) is 0 Å². The molecule has 5 heteroatoms. The lowest BCUT2D eigenvalue weighted by molar-refractivity contribution is -0.131. The van der Waals surface area contributed by atoms with E-state index in [9.17, 15) is 9.59 Å². The maximum atomic E-state index is 12.1. The molecule has 0 radical (unpaired) electrons. The van der Waals surface area contributed by atoms with Crippen LogP contribution in [-0.4, -0.2) is 41.9 Å². The second-order valence-corrected chi connectivity index (χ2v) is 6.34. The number of carbonyl (C=O) groups excluding carboxylic acids is 2. The van der Waals surface area contributed by atoms with Crippen molar-refractivity contribution in [1.82, 2.24) is 10.2 Å². The third-order valence-corrected chi connectivity index (χ3v) is 4.42. The normalized spacial score (nSPS) is 25.5. The Balaban J connectivity index is 1.72. The number of likely N-dealkylation sites (tertiary alicyclic amines) is 1.